The van der Waals surface area contributed by atoms with Crippen LogP contribution in [0, 0.1) is 0 Å². The number of thiophene rings is 1. The van der Waals surface area contributed by atoms with E-state index in [-0.39, 0.29) is 0 Å². The average molecular weight is 386 g/mol. The van der Waals surface area contributed by atoms with Gasteiger partial charge < -0.3 is 4.90 Å². The molecule has 0 spiro atoms. The Morgan fingerprint density at radius 2 is 1.79 bits per heavy atom. The van der Waals surface area contributed by atoms with E-state index in [4.69, 9.17) is 11.6 Å². The van der Waals surface area contributed by atoms with Crippen LogP contribution in [-0.2, 0) is 10.0 Å². The number of benzene rings is 1. The predicted molar refractivity (Wildman–Crippen MR) is 99.6 cm³/mol. The fourth-order valence-electron chi connectivity index (χ4n) is 2.71. The molecule has 1 saturated heterocycles. The SMILES string of the molecule is O=S(=O)(NCCN1CCN(c2ccc(Cl)cc2)CC1)c1cccs1. The highest BCUT2D eigenvalue weighted by atomic mass is 35.5. The number of hydrogen-bond acceptors (Lipinski definition) is 5. The molecule has 0 unspecified atom stereocenters. The minimum absolute atomic E-state index is 0.370. The smallest absolute Gasteiger partial charge is 0.250 e. The zero-order valence-corrected chi connectivity index (χ0v) is 15.6. The summed E-state index contributed by atoms with van der Waals surface area (Å²) in [4.78, 5) is 4.60. The van der Waals surface area contributed by atoms with Gasteiger partial charge in [-0.2, -0.15) is 0 Å². The lowest BCUT2D eigenvalue weighted by Gasteiger charge is -2.36. The Kier molecular flexibility index (Phi) is 5.78. The summed E-state index contributed by atoms with van der Waals surface area (Å²) in [5.74, 6) is 0. The summed E-state index contributed by atoms with van der Waals surface area (Å²) in [5.41, 5.74) is 1.18. The van der Waals surface area contributed by atoms with Gasteiger partial charge in [0.1, 0.15) is 4.21 Å². The number of piperazine rings is 1. The van der Waals surface area contributed by atoms with Crippen LogP contribution < -0.4 is 9.62 Å². The van der Waals surface area contributed by atoms with E-state index in [0.29, 0.717) is 10.8 Å². The maximum Gasteiger partial charge on any atom is 0.250 e. The van der Waals surface area contributed by atoms with E-state index in [1.54, 1.807) is 17.5 Å². The van der Waals surface area contributed by atoms with Crippen molar-refractivity contribution in [3.8, 4) is 0 Å². The summed E-state index contributed by atoms with van der Waals surface area (Å²) in [6.45, 7) is 4.85. The van der Waals surface area contributed by atoms with Gasteiger partial charge in [-0.3, -0.25) is 4.90 Å². The lowest BCUT2D eigenvalue weighted by atomic mass is 10.2. The number of anilines is 1. The molecule has 2 aromatic rings. The normalized spacial score (nSPS) is 16.5. The zero-order valence-electron chi connectivity index (χ0n) is 13.2. The summed E-state index contributed by atoms with van der Waals surface area (Å²) in [5, 5.41) is 2.51. The quantitative estimate of drug-likeness (QED) is 0.830. The molecule has 5 nitrogen and oxygen atoms in total. The van der Waals surface area contributed by atoms with Crippen LogP contribution in [0.3, 0.4) is 0 Å². The Morgan fingerprint density at radius 3 is 2.42 bits per heavy atom. The maximum absolute atomic E-state index is 12.1. The minimum atomic E-state index is -3.36. The molecule has 0 atom stereocenters. The molecule has 1 aliphatic rings. The first kappa shape index (κ1) is 17.7. The van der Waals surface area contributed by atoms with Crippen molar-refractivity contribution in [1.29, 1.82) is 0 Å². The molecule has 1 aliphatic heterocycles. The molecule has 3 rings (SSSR count). The standard InChI is InChI=1S/C16H20ClN3O2S2/c17-14-3-5-15(6-4-14)20-11-9-19(10-12-20)8-7-18-24(21,22)16-2-1-13-23-16/h1-6,13,18H,7-12H2. The Balaban J connectivity index is 1.43. The number of hydrogen-bond donors (Lipinski definition) is 1. The summed E-state index contributed by atoms with van der Waals surface area (Å²) < 4.78 is 27.2. The van der Waals surface area contributed by atoms with Crippen molar-refractivity contribution < 1.29 is 8.42 Å². The van der Waals surface area contributed by atoms with Gasteiger partial charge in [0.2, 0.25) is 10.0 Å². The van der Waals surface area contributed by atoms with Crippen molar-refractivity contribution in [2.45, 2.75) is 4.21 Å². The van der Waals surface area contributed by atoms with Crippen LogP contribution in [0.2, 0.25) is 5.02 Å². The van der Waals surface area contributed by atoms with Crippen LogP contribution in [0.5, 0.6) is 0 Å². The molecule has 24 heavy (non-hydrogen) atoms. The molecule has 2 heterocycles. The molecule has 0 saturated carbocycles. The van der Waals surface area contributed by atoms with Gasteiger partial charge in [-0.15, -0.1) is 11.3 Å². The van der Waals surface area contributed by atoms with E-state index in [1.165, 1.54) is 17.0 Å². The number of nitrogens with one attached hydrogen (secondary N) is 1. The third-order valence-electron chi connectivity index (χ3n) is 4.04. The molecule has 130 valence electrons. The van der Waals surface area contributed by atoms with Gasteiger partial charge in [0.05, 0.1) is 0 Å². The Morgan fingerprint density at radius 1 is 1.08 bits per heavy atom. The van der Waals surface area contributed by atoms with E-state index in [9.17, 15) is 8.42 Å². The molecule has 1 fully saturated rings. The molecule has 1 N–H and O–H groups in total. The second-order valence-corrected chi connectivity index (χ2v) is 9.01. The first-order valence-corrected chi connectivity index (χ1v) is 10.5. The van der Waals surface area contributed by atoms with Crippen LogP contribution in [0.25, 0.3) is 0 Å². The third-order valence-corrected chi connectivity index (χ3v) is 7.15. The second-order valence-electron chi connectivity index (χ2n) is 5.63. The molecular weight excluding hydrogens is 366 g/mol. The number of halogens is 1. The maximum atomic E-state index is 12.1. The number of sulfonamides is 1. The van der Waals surface area contributed by atoms with Crippen LogP contribution >= 0.6 is 22.9 Å². The van der Waals surface area contributed by atoms with Crippen LogP contribution in [-0.4, -0.2) is 52.6 Å². The molecular formula is C16H20ClN3O2S2. The molecule has 0 radical (unpaired) electrons. The Bertz CT molecular complexity index is 740. The molecule has 0 bridgehead atoms. The average Bonchev–Trinajstić information content (AvgIpc) is 3.12. The van der Waals surface area contributed by atoms with Crippen LogP contribution in [0.4, 0.5) is 5.69 Å². The van der Waals surface area contributed by atoms with Gasteiger partial charge in [0, 0.05) is 50.0 Å². The van der Waals surface area contributed by atoms with Crippen LogP contribution in [0.15, 0.2) is 46.0 Å². The van der Waals surface area contributed by atoms with E-state index in [1.807, 2.05) is 24.3 Å². The first-order chi connectivity index (χ1) is 11.5. The van der Waals surface area contributed by atoms with Gasteiger partial charge in [0.15, 0.2) is 0 Å². The lowest BCUT2D eigenvalue weighted by molar-refractivity contribution is 0.262. The molecule has 1 aromatic carbocycles. The zero-order chi connectivity index (χ0) is 17.0. The summed E-state index contributed by atoms with van der Waals surface area (Å²) in [6, 6.07) is 11.2. The van der Waals surface area contributed by atoms with Gasteiger partial charge in [-0.25, -0.2) is 13.1 Å². The van der Waals surface area contributed by atoms with Crippen molar-refractivity contribution in [1.82, 2.24) is 9.62 Å². The highest BCUT2D eigenvalue weighted by Gasteiger charge is 2.19. The van der Waals surface area contributed by atoms with Gasteiger partial charge >= 0.3 is 0 Å². The third kappa shape index (κ3) is 4.49. The van der Waals surface area contributed by atoms with Crippen molar-refractivity contribution in [2.75, 3.05) is 44.2 Å². The molecule has 8 heteroatoms. The number of rotatable bonds is 6. The molecule has 0 aliphatic carbocycles. The summed E-state index contributed by atoms with van der Waals surface area (Å²) in [6.07, 6.45) is 0. The monoisotopic (exact) mass is 385 g/mol. The van der Waals surface area contributed by atoms with Crippen LogP contribution in [0.1, 0.15) is 0 Å². The largest absolute Gasteiger partial charge is 0.369 e. The van der Waals surface area contributed by atoms with E-state index in [0.717, 1.165) is 37.7 Å². The first-order valence-electron chi connectivity index (χ1n) is 7.81. The van der Waals surface area contributed by atoms with E-state index >= 15 is 0 Å². The summed E-state index contributed by atoms with van der Waals surface area (Å²) >= 11 is 7.16. The van der Waals surface area contributed by atoms with Gasteiger partial charge in [-0.05, 0) is 35.7 Å². The van der Waals surface area contributed by atoms with Gasteiger partial charge in [-0.1, -0.05) is 17.7 Å². The van der Waals surface area contributed by atoms with Crippen molar-refractivity contribution in [3.63, 3.8) is 0 Å². The van der Waals surface area contributed by atoms with E-state index < -0.39 is 10.0 Å². The fourth-order valence-corrected chi connectivity index (χ4v) is 4.89. The lowest BCUT2D eigenvalue weighted by Crippen LogP contribution is -2.48. The fraction of sp³-hybridized carbons (Fsp3) is 0.375. The second kappa shape index (κ2) is 7.84. The van der Waals surface area contributed by atoms with Gasteiger partial charge in [0.25, 0.3) is 0 Å². The van der Waals surface area contributed by atoms with Crippen molar-refractivity contribution in [3.05, 3.63) is 46.8 Å². The molecule has 1 aromatic heterocycles. The minimum Gasteiger partial charge on any atom is -0.369 e. The molecule has 0 amide bonds. The van der Waals surface area contributed by atoms with Crippen molar-refractivity contribution >= 4 is 38.6 Å². The Labute approximate surface area is 151 Å². The summed E-state index contributed by atoms with van der Waals surface area (Å²) in [7, 11) is -3.36. The van der Waals surface area contributed by atoms with Crippen molar-refractivity contribution in [2.24, 2.45) is 0 Å². The number of nitrogens with zero attached hydrogens (tertiary/aromatic N) is 2. The predicted octanol–water partition coefficient (Wildman–Crippen LogP) is 2.50. The highest BCUT2D eigenvalue weighted by molar-refractivity contribution is 7.91. The van der Waals surface area contributed by atoms with E-state index in [2.05, 4.69) is 14.5 Å². The highest BCUT2D eigenvalue weighted by Crippen LogP contribution is 2.19. The topological polar surface area (TPSA) is 52.7 Å². The Hall–Kier alpha value is -1.12.